The van der Waals surface area contributed by atoms with E-state index in [1.807, 2.05) is 5.51 Å². The van der Waals surface area contributed by atoms with Crippen LogP contribution in [-0.2, 0) is 30.4 Å². The van der Waals surface area contributed by atoms with Crippen LogP contribution in [0.15, 0.2) is 29.8 Å². The Kier molecular flexibility index (Phi) is 4.53. The molecule has 1 aliphatic carbocycles. The van der Waals surface area contributed by atoms with Crippen molar-refractivity contribution in [2.45, 2.75) is 51.0 Å². The van der Waals surface area contributed by atoms with Crippen molar-refractivity contribution in [3.63, 3.8) is 0 Å². The molecule has 3 aromatic rings. The first-order valence-corrected chi connectivity index (χ1v) is 10.6. The molecule has 0 N–H and O–H groups in total. The molecular weight excluding hydrogens is 356 g/mol. The molecule has 27 heavy (non-hydrogen) atoms. The minimum absolute atomic E-state index is 0.346. The molecule has 1 aromatic carbocycles. The van der Waals surface area contributed by atoms with Gasteiger partial charge in [-0.1, -0.05) is 24.3 Å². The van der Waals surface area contributed by atoms with E-state index in [-0.39, 0.29) is 0 Å². The van der Waals surface area contributed by atoms with E-state index in [2.05, 4.69) is 40.9 Å². The Bertz CT molecular complexity index is 916. The monoisotopic (exact) mass is 380 g/mol. The zero-order chi connectivity index (χ0) is 18.2. The summed E-state index contributed by atoms with van der Waals surface area (Å²) in [6, 6.07) is 9.15. The standard InChI is InChI=1S/C21H24N4OS/c1-14-19(27-13-22-14)6-7-20-23-21(17-8-9-26-12-17)24-25(20)18-10-15-4-2-3-5-16(15)11-18/h2-5,13,17-18H,6-12H2,1H3/t17-/m0/s1. The van der Waals surface area contributed by atoms with Gasteiger partial charge in [0.05, 0.1) is 23.9 Å². The van der Waals surface area contributed by atoms with Crippen LogP contribution in [-0.4, -0.2) is 33.0 Å². The second kappa shape index (κ2) is 7.17. The van der Waals surface area contributed by atoms with E-state index >= 15 is 0 Å². The Morgan fingerprint density at radius 3 is 2.67 bits per heavy atom. The molecule has 3 heterocycles. The van der Waals surface area contributed by atoms with Gasteiger partial charge in [-0.3, -0.25) is 0 Å². The van der Waals surface area contributed by atoms with Crippen LogP contribution >= 0.6 is 11.3 Å². The van der Waals surface area contributed by atoms with Gasteiger partial charge < -0.3 is 4.74 Å². The van der Waals surface area contributed by atoms with Gasteiger partial charge in [0.2, 0.25) is 0 Å². The average Bonchev–Trinajstić information content (AvgIpc) is 3.45. The largest absolute Gasteiger partial charge is 0.381 e. The van der Waals surface area contributed by atoms with Crippen LogP contribution in [0, 0.1) is 6.92 Å². The second-order valence-corrected chi connectivity index (χ2v) is 8.52. The van der Waals surface area contributed by atoms with Crippen LogP contribution in [0.1, 0.15) is 51.7 Å². The molecule has 0 spiro atoms. The molecule has 5 rings (SSSR count). The third-order valence-electron chi connectivity index (χ3n) is 5.81. The van der Waals surface area contributed by atoms with Gasteiger partial charge >= 0.3 is 0 Å². The molecule has 1 atom stereocenters. The van der Waals surface area contributed by atoms with Crippen molar-refractivity contribution in [1.82, 2.24) is 19.7 Å². The van der Waals surface area contributed by atoms with Crippen molar-refractivity contribution in [2.24, 2.45) is 0 Å². The highest BCUT2D eigenvalue weighted by molar-refractivity contribution is 7.09. The maximum atomic E-state index is 5.58. The molecule has 1 fully saturated rings. The predicted octanol–water partition coefficient (Wildman–Crippen LogP) is 3.67. The molecule has 1 aliphatic heterocycles. The molecule has 2 aliphatic rings. The van der Waals surface area contributed by atoms with Gasteiger partial charge in [0.15, 0.2) is 5.82 Å². The molecule has 0 radical (unpaired) electrons. The third kappa shape index (κ3) is 3.32. The minimum atomic E-state index is 0.346. The number of aromatic nitrogens is 4. The van der Waals surface area contributed by atoms with Crippen molar-refractivity contribution < 1.29 is 4.74 Å². The Balaban J connectivity index is 1.42. The van der Waals surface area contributed by atoms with Gasteiger partial charge in [0.1, 0.15) is 5.82 Å². The first kappa shape index (κ1) is 17.1. The van der Waals surface area contributed by atoms with Gasteiger partial charge in [0, 0.05) is 23.8 Å². The van der Waals surface area contributed by atoms with E-state index in [4.69, 9.17) is 14.8 Å². The lowest BCUT2D eigenvalue weighted by Crippen LogP contribution is -2.15. The number of hydrogen-bond acceptors (Lipinski definition) is 5. The maximum Gasteiger partial charge on any atom is 0.156 e. The highest BCUT2D eigenvalue weighted by atomic mass is 32.1. The molecule has 0 saturated carbocycles. The molecule has 1 saturated heterocycles. The summed E-state index contributed by atoms with van der Waals surface area (Å²) in [4.78, 5) is 10.7. The Hall–Kier alpha value is -2.05. The molecule has 0 amide bonds. The topological polar surface area (TPSA) is 52.8 Å². The van der Waals surface area contributed by atoms with Gasteiger partial charge in [0.25, 0.3) is 0 Å². The number of fused-ring (bicyclic) bond motifs is 1. The lowest BCUT2D eigenvalue weighted by Gasteiger charge is -2.13. The fourth-order valence-corrected chi connectivity index (χ4v) is 5.03. The Labute approximate surface area is 163 Å². The summed E-state index contributed by atoms with van der Waals surface area (Å²) in [5.41, 5.74) is 5.98. The lowest BCUT2D eigenvalue weighted by molar-refractivity contribution is 0.193. The average molecular weight is 381 g/mol. The highest BCUT2D eigenvalue weighted by Crippen LogP contribution is 2.32. The highest BCUT2D eigenvalue weighted by Gasteiger charge is 2.29. The zero-order valence-electron chi connectivity index (χ0n) is 15.6. The van der Waals surface area contributed by atoms with Crippen molar-refractivity contribution in [1.29, 1.82) is 0 Å². The minimum Gasteiger partial charge on any atom is -0.381 e. The number of benzene rings is 1. The van der Waals surface area contributed by atoms with E-state index in [0.29, 0.717) is 12.0 Å². The lowest BCUT2D eigenvalue weighted by atomic mass is 10.1. The van der Waals surface area contributed by atoms with E-state index in [1.165, 1.54) is 16.0 Å². The summed E-state index contributed by atoms with van der Waals surface area (Å²) in [5.74, 6) is 2.43. The smallest absolute Gasteiger partial charge is 0.156 e. The summed E-state index contributed by atoms with van der Waals surface area (Å²) in [5, 5.41) is 4.99. The fourth-order valence-electron chi connectivity index (χ4n) is 4.25. The number of aryl methyl sites for hydroxylation is 3. The summed E-state index contributed by atoms with van der Waals surface area (Å²) < 4.78 is 7.80. The van der Waals surface area contributed by atoms with E-state index in [0.717, 1.165) is 62.7 Å². The van der Waals surface area contributed by atoms with Gasteiger partial charge in [-0.25, -0.2) is 14.6 Å². The van der Waals surface area contributed by atoms with Crippen LogP contribution in [0.4, 0.5) is 0 Å². The number of hydrogen-bond donors (Lipinski definition) is 0. The van der Waals surface area contributed by atoms with Crippen molar-refractivity contribution >= 4 is 11.3 Å². The van der Waals surface area contributed by atoms with Crippen molar-refractivity contribution in [3.8, 4) is 0 Å². The van der Waals surface area contributed by atoms with Gasteiger partial charge in [-0.15, -0.1) is 11.3 Å². The fraction of sp³-hybridized carbons (Fsp3) is 0.476. The van der Waals surface area contributed by atoms with Crippen molar-refractivity contribution in [2.75, 3.05) is 13.2 Å². The number of nitrogens with zero attached hydrogens (tertiary/aromatic N) is 4. The molecule has 5 nitrogen and oxygen atoms in total. The predicted molar refractivity (Wildman–Crippen MR) is 105 cm³/mol. The van der Waals surface area contributed by atoms with E-state index < -0.39 is 0 Å². The summed E-state index contributed by atoms with van der Waals surface area (Å²) in [6.45, 7) is 3.66. The Morgan fingerprint density at radius 1 is 1.19 bits per heavy atom. The summed E-state index contributed by atoms with van der Waals surface area (Å²) >= 11 is 1.74. The van der Waals surface area contributed by atoms with Gasteiger partial charge in [-0.05, 0) is 43.7 Å². The quantitative estimate of drug-likeness (QED) is 0.678. The number of thiazole rings is 1. The molecule has 140 valence electrons. The van der Waals surface area contributed by atoms with Crippen LogP contribution in [0.3, 0.4) is 0 Å². The summed E-state index contributed by atoms with van der Waals surface area (Å²) in [7, 11) is 0. The number of ether oxygens (including phenoxy) is 1. The van der Waals surface area contributed by atoms with Crippen LogP contribution in [0.25, 0.3) is 0 Å². The molecule has 0 unspecified atom stereocenters. The Morgan fingerprint density at radius 2 is 2.00 bits per heavy atom. The van der Waals surface area contributed by atoms with Crippen LogP contribution in [0.2, 0.25) is 0 Å². The number of rotatable bonds is 5. The first-order chi connectivity index (χ1) is 13.3. The SMILES string of the molecule is Cc1ncsc1CCc1nc([C@H]2CCOC2)nn1C1Cc2ccccc2C1. The van der Waals surface area contributed by atoms with E-state index in [9.17, 15) is 0 Å². The normalized spacial score (nSPS) is 19.7. The van der Waals surface area contributed by atoms with Crippen molar-refractivity contribution in [3.05, 3.63) is 63.1 Å². The van der Waals surface area contributed by atoms with Crippen LogP contribution in [0.5, 0.6) is 0 Å². The molecular formula is C21H24N4OS. The summed E-state index contributed by atoms with van der Waals surface area (Å²) in [6.07, 6.45) is 5.02. The third-order valence-corrected chi connectivity index (χ3v) is 6.80. The first-order valence-electron chi connectivity index (χ1n) is 9.76. The molecule has 0 bridgehead atoms. The molecule has 2 aromatic heterocycles. The van der Waals surface area contributed by atoms with Crippen LogP contribution < -0.4 is 0 Å². The van der Waals surface area contributed by atoms with Gasteiger partial charge in [-0.2, -0.15) is 5.10 Å². The molecule has 6 heteroatoms. The second-order valence-electron chi connectivity index (χ2n) is 7.58. The zero-order valence-corrected chi connectivity index (χ0v) is 16.4. The van der Waals surface area contributed by atoms with E-state index in [1.54, 1.807) is 11.3 Å². The maximum absolute atomic E-state index is 5.58.